The van der Waals surface area contributed by atoms with E-state index >= 15 is 0 Å². The number of anilines is 2. The predicted molar refractivity (Wildman–Crippen MR) is 126 cm³/mol. The van der Waals surface area contributed by atoms with E-state index in [1.54, 1.807) is 18.3 Å². The van der Waals surface area contributed by atoms with Gasteiger partial charge in [-0.1, -0.05) is 31.5 Å². The first-order valence-electron chi connectivity index (χ1n) is 10.1. The molecule has 0 heterocycles. The van der Waals surface area contributed by atoms with E-state index in [1.807, 2.05) is 0 Å². The van der Waals surface area contributed by atoms with Gasteiger partial charge in [-0.2, -0.15) is 5.10 Å². The van der Waals surface area contributed by atoms with Gasteiger partial charge < -0.3 is 0 Å². The number of hydrogen-bond acceptors (Lipinski definition) is 6. The number of nitro benzene ring substituents is 1. The van der Waals surface area contributed by atoms with Gasteiger partial charge in [0.05, 0.1) is 16.0 Å². The summed E-state index contributed by atoms with van der Waals surface area (Å²) in [7, 11) is -4.02. The molecular weight excluding hydrogens is 452 g/mol. The van der Waals surface area contributed by atoms with Gasteiger partial charge >= 0.3 is 0 Å². The fourth-order valence-corrected chi connectivity index (χ4v) is 5.58. The molecule has 0 aliphatic heterocycles. The van der Waals surface area contributed by atoms with Crippen LogP contribution < -0.4 is 10.1 Å². The summed E-state index contributed by atoms with van der Waals surface area (Å²) in [5.41, 5.74) is 4.09. The van der Waals surface area contributed by atoms with Crippen molar-refractivity contribution in [2.75, 3.05) is 10.1 Å². The van der Waals surface area contributed by atoms with Gasteiger partial charge in [-0.15, -0.1) is 0 Å². The Hall–Kier alpha value is -2.91. The lowest BCUT2D eigenvalue weighted by molar-refractivity contribution is -0.384. The van der Waals surface area contributed by atoms with Crippen LogP contribution in [0, 0.1) is 27.4 Å². The van der Waals surface area contributed by atoms with E-state index in [4.69, 9.17) is 11.6 Å². The molecule has 2 atom stereocenters. The highest BCUT2D eigenvalue weighted by atomic mass is 35.5. The average Bonchev–Trinajstić information content (AvgIpc) is 2.75. The van der Waals surface area contributed by atoms with Crippen molar-refractivity contribution in [1.82, 2.24) is 0 Å². The molecule has 3 aliphatic rings. The summed E-state index contributed by atoms with van der Waals surface area (Å²) in [5.74, 6) is 1.14. The molecule has 0 radical (unpaired) electrons. The maximum absolute atomic E-state index is 12.7. The molecule has 1 saturated carbocycles. The lowest BCUT2D eigenvalue weighted by Crippen LogP contribution is -2.48. The van der Waals surface area contributed by atoms with Gasteiger partial charge in [0.1, 0.15) is 5.69 Å². The van der Waals surface area contributed by atoms with Crippen LogP contribution in [0.5, 0.6) is 0 Å². The number of benzene rings is 2. The lowest BCUT2D eigenvalue weighted by atomic mass is 9.49. The van der Waals surface area contributed by atoms with Crippen LogP contribution >= 0.6 is 11.6 Å². The Kier molecular flexibility index (Phi) is 5.72. The Balaban J connectivity index is 1.52. The van der Waals surface area contributed by atoms with E-state index in [0.717, 1.165) is 24.5 Å². The first kappa shape index (κ1) is 22.3. The Morgan fingerprint density at radius 3 is 2.56 bits per heavy atom. The first-order valence-corrected chi connectivity index (χ1v) is 12.0. The van der Waals surface area contributed by atoms with Crippen LogP contribution in [0.3, 0.4) is 0 Å². The smallest absolute Gasteiger partial charge is 0.280 e. The highest BCUT2D eigenvalue weighted by Gasteiger charge is 2.50. The normalized spacial score (nSPS) is 21.5. The SMILES string of the molecule is CC1(C)[C@@H]2CC=C(/C=N/Nc3ccc(S(=O)(=O)Nc4ccc(Cl)cc4)cc3[N+](=O)[O-])[C@@H]1C2. The molecule has 10 heteroatoms. The zero-order valence-corrected chi connectivity index (χ0v) is 19.2. The van der Waals surface area contributed by atoms with E-state index in [9.17, 15) is 18.5 Å². The third-order valence-electron chi connectivity index (χ3n) is 6.48. The molecule has 1 fully saturated rings. The lowest BCUT2D eigenvalue weighted by Gasteiger charge is -2.55. The van der Waals surface area contributed by atoms with Gasteiger partial charge in [0.25, 0.3) is 15.7 Å². The number of nitrogens with one attached hydrogen (secondary N) is 2. The van der Waals surface area contributed by atoms with E-state index < -0.39 is 14.9 Å². The van der Waals surface area contributed by atoms with Gasteiger partial charge in [0.2, 0.25) is 0 Å². The Labute approximate surface area is 191 Å². The first-order chi connectivity index (χ1) is 15.1. The molecule has 0 amide bonds. The van der Waals surface area contributed by atoms with Crippen molar-refractivity contribution < 1.29 is 13.3 Å². The molecule has 0 aromatic heterocycles. The number of nitrogens with zero attached hydrogens (tertiary/aromatic N) is 2. The number of allylic oxidation sites excluding steroid dienone is 2. The molecule has 168 valence electrons. The molecule has 8 nitrogen and oxygen atoms in total. The number of nitro groups is 1. The summed E-state index contributed by atoms with van der Waals surface area (Å²) in [6, 6.07) is 9.73. The summed E-state index contributed by atoms with van der Waals surface area (Å²) in [6.07, 6.45) is 6.02. The quantitative estimate of drug-likeness (QED) is 0.315. The molecule has 2 bridgehead atoms. The second kappa shape index (κ2) is 8.22. The van der Waals surface area contributed by atoms with Gasteiger partial charge in [-0.05, 0) is 72.1 Å². The highest BCUT2D eigenvalue weighted by molar-refractivity contribution is 7.92. The van der Waals surface area contributed by atoms with Crippen LogP contribution in [0.1, 0.15) is 26.7 Å². The number of halogens is 1. The number of rotatable bonds is 7. The van der Waals surface area contributed by atoms with Gasteiger partial charge in [0.15, 0.2) is 0 Å². The number of hydrazone groups is 1. The fourth-order valence-electron chi connectivity index (χ4n) is 4.38. The zero-order chi connectivity index (χ0) is 23.1. The maximum Gasteiger partial charge on any atom is 0.295 e. The van der Waals surface area contributed by atoms with Crippen LogP contribution in [0.25, 0.3) is 0 Å². The third-order valence-corrected chi connectivity index (χ3v) is 8.11. The number of hydrogen-bond donors (Lipinski definition) is 2. The van der Waals surface area contributed by atoms with Crippen LogP contribution in [-0.4, -0.2) is 19.6 Å². The molecule has 32 heavy (non-hydrogen) atoms. The van der Waals surface area contributed by atoms with Crippen molar-refractivity contribution in [1.29, 1.82) is 0 Å². The van der Waals surface area contributed by atoms with Crippen molar-refractivity contribution in [2.45, 2.75) is 31.6 Å². The minimum Gasteiger partial charge on any atom is -0.280 e. The van der Waals surface area contributed by atoms with Crippen molar-refractivity contribution in [3.63, 3.8) is 0 Å². The van der Waals surface area contributed by atoms with E-state index in [1.165, 1.54) is 24.3 Å². The van der Waals surface area contributed by atoms with Crippen molar-refractivity contribution in [3.05, 3.63) is 69.3 Å². The minimum absolute atomic E-state index is 0.110. The molecule has 2 N–H and O–H groups in total. The van der Waals surface area contributed by atoms with E-state index in [2.05, 4.69) is 35.2 Å². The van der Waals surface area contributed by atoms with Crippen molar-refractivity contribution >= 4 is 44.9 Å². The Bertz CT molecular complexity index is 1220. The van der Waals surface area contributed by atoms with Gasteiger partial charge in [-0.3, -0.25) is 20.3 Å². The van der Waals surface area contributed by atoms with E-state index in [-0.39, 0.29) is 21.7 Å². The van der Waals surface area contributed by atoms with Crippen LogP contribution in [0.15, 0.2) is 64.1 Å². The largest absolute Gasteiger partial charge is 0.295 e. The molecule has 5 rings (SSSR count). The maximum atomic E-state index is 12.7. The van der Waals surface area contributed by atoms with Crippen LogP contribution in [0.4, 0.5) is 17.1 Å². The van der Waals surface area contributed by atoms with Crippen LogP contribution in [0.2, 0.25) is 5.02 Å². The molecule has 3 aliphatic carbocycles. The average molecular weight is 475 g/mol. The number of fused-ring (bicyclic) bond motifs is 1. The summed E-state index contributed by atoms with van der Waals surface area (Å²) in [6.45, 7) is 4.50. The summed E-state index contributed by atoms with van der Waals surface area (Å²) < 4.78 is 27.7. The second-order valence-corrected chi connectivity index (χ2v) is 10.8. The molecule has 2 aromatic carbocycles. The third kappa shape index (κ3) is 4.22. The second-order valence-electron chi connectivity index (χ2n) is 8.66. The zero-order valence-electron chi connectivity index (χ0n) is 17.6. The van der Waals surface area contributed by atoms with Crippen LogP contribution in [-0.2, 0) is 10.0 Å². The van der Waals surface area contributed by atoms with Gasteiger partial charge in [-0.25, -0.2) is 8.42 Å². The van der Waals surface area contributed by atoms with E-state index in [0.29, 0.717) is 22.5 Å². The summed E-state index contributed by atoms with van der Waals surface area (Å²) >= 11 is 5.81. The summed E-state index contributed by atoms with van der Waals surface area (Å²) in [5, 5.41) is 16.2. The monoisotopic (exact) mass is 474 g/mol. The fraction of sp³-hybridized carbons (Fsp3) is 0.318. The standard InChI is InChI=1S/C22H23ClN4O4S/c1-22(2)15-4-3-14(19(22)11-15)13-24-25-20-10-9-18(12-21(20)27(28)29)32(30,31)26-17-7-5-16(23)6-8-17/h3,5-10,12-13,15,19,25-26H,4,11H2,1-2H3/b24-13+/t15-,19+/m1/s1. The molecule has 0 unspecified atom stereocenters. The predicted octanol–water partition coefficient (Wildman–Crippen LogP) is 5.44. The van der Waals surface area contributed by atoms with Crippen molar-refractivity contribution in [3.8, 4) is 0 Å². The Morgan fingerprint density at radius 1 is 1.22 bits per heavy atom. The summed E-state index contributed by atoms with van der Waals surface area (Å²) in [4.78, 5) is 10.7. The number of sulfonamides is 1. The molecule has 2 aromatic rings. The van der Waals surface area contributed by atoms with Gasteiger partial charge in [0, 0.05) is 16.8 Å². The van der Waals surface area contributed by atoms with Crippen molar-refractivity contribution in [2.24, 2.45) is 22.4 Å². The topological polar surface area (TPSA) is 114 Å². The molecule has 0 saturated heterocycles. The Morgan fingerprint density at radius 2 is 1.94 bits per heavy atom. The minimum atomic E-state index is -4.02. The molecular formula is C22H23ClN4O4S. The molecule has 0 spiro atoms. The highest BCUT2D eigenvalue weighted by Crippen LogP contribution is 2.58.